The Bertz CT molecular complexity index is 743. The molecule has 0 amide bonds. The average Bonchev–Trinajstić information content (AvgIpc) is 3.16. The molecule has 0 saturated carbocycles. The van der Waals surface area contributed by atoms with Crippen LogP contribution in [0.3, 0.4) is 0 Å². The summed E-state index contributed by atoms with van der Waals surface area (Å²) in [6.07, 6.45) is 0. The van der Waals surface area contributed by atoms with Crippen LogP contribution in [0.1, 0.15) is 11.3 Å². The summed E-state index contributed by atoms with van der Waals surface area (Å²) in [5.41, 5.74) is 2.76. The Morgan fingerprint density at radius 1 is 1.30 bits per heavy atom. The van der Waals surface area contributed by atoms with Crippen molar-refractivity contribution >= 4 is 11.3 Å². The molecule has 0 radical (unpaired) electrons. The molecule has 0 saturated heterocycles. The first-order chi connectivity index (χ1) is 9.86. The Balaban J connectivity index is 1.81. The van der Waals surface area contributed by atoms with Gasteiger partial charge in [-0.1, -0.05) is 12.1 Å². The number of thiophene rings is 1. The van der Waals surface area contributed by atoms with Gasteiger partial charge in [-0.3, -0.25) is 0 Å². The summed E-state index contributed by atoms with van der Waals surface area (Å²) >= 11 is 1.64. The van der Waals surface area contributed by atoms with Crippen LogP contribution < -0.4 is 4.74 Å². The number of aromatic nitrogens is 3. The molecule has 0 atom stereocenters. The third-order valence-corrected chi connectivity index (χ3v) is 3.48. The fourth-order valence-corrected chi connectivity index (χ4v) is 2.44. The summed E-state index contributed by atoms with van der Waals surface area (Å²) in [7, 11) is 0. The third-order valence-electron chi connectivity index (χ3n) is 2.75. The molecule has 2 aromatic heterocycles. The number of nitrogens with one attached hydrogen (secondary N) is 1. The topological polar surface area (TPSA) is 74.6 Å². The lowest BCUT2D eigenvalue weighted by molar-refractivity contribution is 0.307. The van der Waals surface area contributed by atoms with Gasteiger partial charge in [0.15, 0.2) is 5.69 Å². The number of nitriles is 1. The first-order valence-corrected chi connectivity index (χ1v) is 6.86. The molecule has 0 fully saturated rings. The molecule has 6 heteroatoms. The predicted octanol–water partition coefficient (Wildman–Crippen LogP) is 2.98. The molecule has 20 heavy (non-hydrogen) atoms. The van der Waals surface area contributed by atoms with Crippen LogP contribution in [0.5, 0.6) is 5.75 Å². The van der Waals surface area contributed by atoms with Crippen LogP contribution >= 0.6 is 11.3 Å². The average molecular weight is 282 g/mol. The van der Waals surface area contributed by atoms with Gasteiger partial charge in [0, 0.05) is 5.56 Å². The first-order valence-electron chi connectivity index (χ1n) is 5.92. The molecule has 3 rings (SSSR count). The molecular weight excluding hydrogens is 272 g/mol. The Morgan fingerprint density at radius 2 is 2.25 bits per heavy atom. The van der Waals surface area contributed by atoms with Crippen molar-refractivity contribution in [2.75, 3.05) is 0 Å². The highest BCUT2D eigenvalue weighted by molar-refractivity contribution is 7.07. The van der Waals surface area contributed by atoms with E-state index in [0.717, 1.165) is 16.9 Å². The van der Waals surface area contributed by atoms with Crippen LogP contribution in [0.4, 0.5) is 0 Å². The van der Waals surface area contributed by atoms with Crippen molar-refractivity contribution in [2.24, 2.45) is 0 Å². The number of benzene rings is 1. The SMILES string of the molecule is N#Cc1n[nH]nc1-c1cccc(OCc2ccsc2)c1. The normalized spacial score (nSPS) is 10.2. The van der Waals surface area contributed by atoms with E-state index in [-0.39, 0.29) is 5.69 Å². The molecule has 5 nitrogen and oxygen atoms in total. The second kappa shape index (κ2) is 5.55. The molecule has 0 aliphatic heterocycles. The van der Waals surface area contributed by atoms with Crippen molar-refractivity contribution in [3.05, 3.63) is 52.3 Å². The Hall–Kier alpha value is -2.65. The van der Waals surface area contributed by atoms with E-state index in [2.05, 4.69) is 20.8 Å². The summed E-state index contributed by atoms with van der Waals surface area (Å²) < 4.78 is 5.73. The summed E-state index contributed by atoms with van der Waals surface area (Å²) in [6, 6.07) is 11.5. The van der Waals surface area contributed by atoms with E-state index in [1.165, 1.54) is 0 Å². The molecule has 2 heterocycles. The lowest BCUT2D eigenvalue weighted by Gasteiger charge is -2.06. The highest BCUT2D eigenvalue weighted by Gasteiger charge is 2.10. The fraction of sp³-hybridized carbons (Fsp3) is 0.0714. The van der Waals surface area contributed by atoms with Gasteiger partial charge in [-0.05, 0) is 34.5 Å². The van der Waals surface area contributed by atoms with Gasteiger partial charge >= 0.3 is 0 Å². The van der Waals surface area contributed by atoms with Gasteiger partial charge in [0.2, 0.25) is 0 Å². The highest BCUT2D eigenvalue weighted by atomic mass is 32.1. The van der Waals surface area contributed by atoms with Crippen molar-refractivity contribution in [1.82, 2.24) is 15.4 Å². The molecule has 0 aliphatic rings. The Kier molecular flexibility index (Phi) is 3.44. The number of hydrogen-bond donors (Lipinski definition) is 1. The van der Waals surface area contributed by atoms with Crippen molar-refractivity contribution in [1.29, 1.82) is 5.26 Å². The second-order valence-corrected chi connectivity index (χ2v) is 4.86. The van der Waals surface area contributed by atoms with E-state index in [1.807, 2.05) is 41.8 Å². The van der Waals surface area contributed by atoms with Crippen LogP contribution in [-0.2, 0) is 6.61 Å². The number of ether oxygens (including phenoxy) is 1. The molecule has 0 spiro atoms. The zero-order chi connectivity index (χ0) is 13.8. The van der Waals surface area contributed by atoms with Crippen molar-refractivity contribution < 1.29 is 4.74 Å². The summed E-state index contributed by atoms with van der Waals surface area (Å²) in [5, 5.41) is 23.3. The van der Waals surface area contributed by atoms with Crippen LogP contribution in [0.15, 0.2) is 41.1 Å². The Morgan fingerprint density at radius 3 is 3.05 bits per heavy atom. The second-order valence-electron chi connectivity index (χ2n) is 4.08. The smallest absolute Gasteiger partial charge is 0.190 e. The van der Waals surface area contributed by atoms with E-state index in [4.69, 9.17) is 10.00 Å². The Labute approximate surface area is 119 Å². The quantitative estimate of drug-likeness (QED) is 0.798. The van der Waals surface area contributed by atoms with Gasteiger partial charge in [-0.15, -0.1) is 5.10 Å². The number of aromatic amines is 1. The minimum atomic E-state index is 0.278. The molecule has 1 N–H and O–H groups in total. The van der Waals surface area contributed by atoms with Gasteiger partial charge in [0.05, 0.1) is 0 Å². The number of nitrogens with zero attached hydrogens (tertiary/aromatic N) is 3. The number of H-pyrrole nitrogens is 1. The number of hydrogen-bond acceptors (Lipinski definition) is 5. The first kappa shape index (κ1) is 12.4. The van der Waals surface area contributed by atoms with Crippen LogP contribution in [0.2, 0.25) is 0 Å². The van der Waals surface area contributed by atoms with E-state index >= 15 is 0 Å². The maximum absolute atomic E-state index is 8.96. The summed E-state index contributed by atoms with van der Waals surface area (Å²) in [5.74, 6) is 0.737. The van der Waals surface area contributed by atoms with Gasteiger partial charge in [0.1, 0.15) is 24.1 Å². The van der Waals surface area contributed by atoms with Crippen LogP contribution in [-0.4, -0.2) is 15.4 Å². The molecule has 0 unspecified atom stereocenters. The highest BCUT2D eigenvalue weighted by Crippen LogP contribution is 2.24. The van der Waals surface area contributed by atoms with E-state index in [9.17, 15) is 0 Å². The van der Waals surface area contributed by atoms with Crippen molar-refractivity contribution in [3.63, 3.8) is 0 Å². The van der Waals surface area contributed by atoms with Gasteiger partial charge < -0.3 is 4.74 Å². The zero-order valence-electron chi connectivity index (χ0n) is 10.4. The minimum Gasteiger partial charge on any atom is -0.489 e. The minimum absolute atomic E-state index is 0.278. The maximum atomic E-state index is 8.96. The van der Waals surface area contributed by atoms with E-state index < -0.39 is 0 Å². The molecule has 1 aromatic carbocycles. The maximum Gasteiger partial charge on any atom is 0.190 e. The molecule has 3 aromatic rings. The predicted molar refractivity (Wildman–Crippen MR) is 75.2 cm³/mol. The zero-order valence-corrected chi connectivity index (χ0v) is 11.2. The van der Waals surface area contributed by atoms with Crippen LogP contribution in [0, 0.1) is 11.3 Å². The molecular formula is C14H10N4OS. The standard InChI is InChI=1S/C14H10N4OS/c15-7-13-14(17-18-16-13)11-2-1-3-12(6-11)19-8-10-4-5-20-9-10/h1-6,9H,8H2,(H,16,17,18). The van der Waals surface area contributed by atoms with Crippen LogP contribution in [0.25, 0.3) is 11.3 Å². The van der Waals surface area contributed by atoms with Gasteiger partial charge in [0.25, 0.3) is 0 Å². The summed E-state index contributed by atoms with van der Waals surface area (Å²) in [4.78, 5) is 0. The van der Waals surface area contributed by atoms with E-state index in [1.54, 1.807) is 11.3 Å². The van der Waals surface area contributed by atoms with E-state index in [0.29, 0.717) is 12.3 Å². The molecule has 0 aliphatic carbocycles. The largest absolute Gasteiger partial charge is 0.489 e. The number of rotatable bonds is 4. The van der Waals surface area contributed by atoms with Gasteiger partial charge in [-0.25, -0.2) is 0 Å². The molecule has 0 bridgehead atoms. The lowest BCUT2D eigenvalue weighted by Crippen LogP contribution is -1.94. The summed E-state index contributed by atoms with van der Waals surface area (Å²) in [6.45, 7) is 0.525. The third kappa shape index (κ3) is 2.53. The fourth-order valence-electron chi connectivity index (χ4n) is 1.78. The monoisotopic (exact) mass is 282 g/mol. The van der Waals surface area contributed by atoms with Gasteiger partial charge in [-0.2, -0.15) is 26.9 Å². The molecule has 98 valence electrons. The van der Waals surface area contributed by atoms with Crippen molar-refractivity contribution in [2.45, 2.75) is 6.61 Å². The lowest BCUT2D eigenvalue weighted by atomic mass is 10.1. The van der Waals surface area contributed by atoms with Crippen molar-refractivity contribution in [3.8, 4) is 23.1 Å².